The van der Waals surface area contributed by atoms with Crippen LogP contribution >= 0.6 is 0 Å². The van der Waals surface area contributed by atoms with Crippen LogP contribution in [-0.4, -0.2) is 9.97 Å². The van der Waals surface area contributed by atoms with Gasteiger partial charge in [-0.25, -0.2) is 4.98 Å². The van der Waals surface area contributed by atoms with Gasteiger partial charge in [-0.2, -0.15) is 18.2 Å². The zero-order valence-corrected chi connectivity index (χ0v) is 9.90. The van der Waals surface area contributed by atoms with Crippen LogP contribution in [0.3, 0.4) is 0 Å². The van der Waals surface area contributed by atoms with Gasteiger partial charge in [-0.1, -0.05) is 0 Å². The number of benzene rings is 1. The lowest BCUT2D eigenvalue weighted by Crippen LogP contribution is -2.08. The van der Waals surface area contributed by atoms with Crippen LogP contribution in [0, 0.1) is 6.92 Å². The van der Waals surface area contributed by atoms with Crippen LogP contribution in [0.15, 0.2) is 30.5 Å². The Morgan fingerprint density at radius 2 is 1.95 bits per heavy atom. The molecule has 0 aliphatic heterocycles. The van der Waals surface area contributed by atoms with E-state index in [1.807, 2.05) is 0 Å². The number of halogens is 3. The molecule has 0 amide bonds. The van der Waals surface area contributed by atoms with Crippen molar-refractivity contribution in [1.29, 1.82) is 0 Å². The highest BCUT2D eigenvalue weighted by Gasteiger charge is 2.33. The Labute approximate surface area is 107 Å². The highest BCUT2D eigenvalue weighted by Crippen LogP contribution is 2.29. The smallest absolute Gasteiger partial charge is 0.424 e. The summed E-state index contributed by atoms with van der Waals surface area (Å²) in [6.07, 6.45) is -3.53. The molecule has 0 aliphatic carbocycles. The van der Waals surface area contributed by atoms with Crippen LogP contribution in [0.5, 0.6) is 11.8 Å². The summed E-state index contributed by atoms with van der Waals surface area (Å²) in [5.41, 5.74) is 5.90. The molecule has 0 unspecified atom stereocenters. The molecule has 0 bridgehead atoms. The van der Waals surface area contributed by atoms with Crippen LogP contribution in [-0.2, 0) is 6.18 Å². The van der Waals surface area contributed by atoms with E-state index >= 15 is 0 Å². The number of rotatable bonds is 2. The SMILES string of the molecule is Cc1cc(Oc2nccc(C(F)(F)F)n2)ccc1N. The largest absolute Gasteiger partial charge is 0.433 e. The number of nitrogen functional groups attached to an aromatic ring is 1. The maximum Gasteiger partial charge on any atom is 0.433 e. The molecular weight excluding hydrogens is 259 g/mol. The van der Waals surface area contributed by atoms with Crippen molar-refractivity contribution in [1.82, 2.24) is 9.97 Å². The molecule has 0 spiro atoms. The quantitative estimate of drug-likeness (QED) is 0.850. The molecule has 0 atom stereocenters. The summed E-state index contributed by atoms with van der Waals surface area (Å²) in [4.78, 5) is 6.94. The van der Waals surface area contributed by atoms with Gasteiger partial charge in [0.15, 0.2) is 5.69 Å². The molecule has 4 nitrogen and oxygen atoms in total. The lowest BCUT2D eigenvalue weighted by atomic mass is 10.2. The van der Waals surface area contributed by atoms with E-state index in [-0.39, 0.29) is 6.01 Å². The van der Waals surface area contributed by atoms with E-state index in [0.29, 0.717) is 11.4 Å². The first-order chi connectivity index (χ1) is 8.86. The fourth-order valence-corrected chi connectivity index (χ4v) is 1.36. The van der Waals surface area contributed by atoms with Gasteiger partial charge < -0.3 is 10.5 Å². The van der Waals surface area contributed by atoms with E-state index in [4.69, 9.17) is 10.5 Å². The molecule has 2 N–H and O–H groups in total. The minimum atomic E-state index is -4.53. The number of anilines is 1. The summed E-state index contributed by atoms with van der Waals surface area (Å²) in [7, 11) is 0. The zero-order valence-electron chi connectivity index (χ0n) is 9.90. The van der Waals surface area contributed by atoms with Crippen molar-refractivity contribution in [2.75, 3.05) is 5.73 Å². The van der Waals surface area contributed by atoms with Gasteiger partial charge in [0.05, 0.1) is 0 Å². The molecule has 1 aromatic heterocycles. The summed E-state index contributed by atoms with van der Waals surface area (Å²) >= 11 is 0. The summed E-state index contributed by atoms with van der Waals surface area (Å²) in [6.45, 7) is 1.76. The van der Waals surface area contributed by atoms with Crippen LogP contribution in [0.2, 0.25) is 0 Å². The van der Waals surface area contributed by atoms with E-state index in [0.717, 1.165) is 17.8 Å². The van der Waals surface area contributed by atoms with Gasteiger partial charge in [0.25, 0.3) is 0 Å². The molecule has 0 fully saturated rings. The maximum absolute atomic E-state index is 12.5. The van der Waals surface area contributed by atoms with E-state index < -0.39 is 11.9 Å². The number of nitrogens with two attached hydrogens (primary N) is 1. The lowest BCUT2D eigenvalue weighted by molar-refractivity contribution is -0.141. The third-order valence-corrected chi connectivity index (χ3v) is 2.37. The number of ether oxygens (including phenoxy) is 1. The van der Waals surface area contributed by atoms with E-state index in [1.54, 1.807) is 19.1 Å². The Morgan fingerprint density at radius 1 is 1.21 bits per heavy atom. The average Bonchev–Trinajstić information content (AvgIpc) is 2.33. The first kappa shape index (κ1) is 13.1. The number of aromatic nitrogens is 2. The fourth-order valence-electron chi connectivity index (χ4n) is 1.36. The molecule has 100 valence electrons. The van der Waals surface area contributed by atoms with Crippen LogP contribution in [0.25, 0.3) is 0 Å². The van der Waals surface area contributed by atoms with Gasteiger partial charge in [-0.15, -0.1) is 0 Å². The fraction of sp³-hybridized carbons (Fsp3) is 0.167. The average molecular weight is 269 g/mol. The normalized spacial score (nSPS) is 11.4. The molecule has 7 heteroatoms. The molecule has 2 aromatic rings. The number of alkyl halides is 3. The second-order valence-electron chi connectivity index (χ2n) is 3.84. The Kier molecular flexibility index (Phi) is 3.28. The highest BCUT2D eigenvalue weighted by atomic mass is 19.4. The minimum absolute atomic E-state index is 0.325. The Morgan fingerprint density at radius 3 is 2.58 bits per heavy atom. The second kappa shape index (κ2) is 4.75. The zero-order chi connectivity index (χ0) is 14.0. The van der Waals surface area contributed by atoms with Crippen molar-refractivity contribution in [2.45, 2.75) is 13.1 Å². The predicted molar refractivity (Wildman–Crippen MR) is 62.7 cm³/mol. The molecule has 0 radical (unpaired) electrons. The van der Waals surface area contributed by atoms with Crippen molar-refractivity contribution in [2.24, 2.45) is 0 Å². The molecule has 2 rings (SSSR count). The Balaban J connectivity index is 2.26. The third-order valence-electron chi connectivity index (χ3n) is 2.37. The van der Waals surface area contributed by atoms with Crippen molar-refractivity contribution >= 4 is 5.69 Å². The van der Waals surface area contributed by atoms with Crippen LogP contribution in [0.4, 0.5) is 18.9 Å². The Hall–Kier alpha value is -2.31. The van der Waals surface area contributed by atoms with E-state index in [2.05, 4.69) is 9.97 Å². The van der Waals surface area contributed by atoms with Gasteiger partial charge in [0.2, 0.25) is 0 Å². The summed E-state index contributed by atoms with van der Waals surface area (Å²) < 4.78 is 42.6. The van der Waals surface area contributed by atoms with Gasteiger partial charge >= 0.3 is 12.2 Å². The molecule has 1 heterocycles. The number of nitrogens with zero attached hydrogens (tertiary/aromatic N) is 2. The topological polar surface area (TPSA) is 61.0 Å². The summed E-state index contributed by atoms with van der Waals surface area (Å²) in [6, 6.07) is 5.14. The maximum atomic E-state index is 12.5. The number of hydrogen-bond donors (Lipinski definition) is 1. The molecular formula is C12H10F3N3O. The summed E-state index contributed by atoms with van der Waals surface area (Å²) in [5, 5.41) is 0. The number of hydrogen-bond acceptors (Lipinski definition) is 4. The number of aryl methyl sites for hydroxylation is 1. The second-order valence-corrected chi connectivity index (χ2v) is 3.84. The molecule has 0 aliphatic rings. The summed E-state index contributed by atoms with van der Waals surface area (Å²) in [5.74, 6) is 0.325. The lowest BCUT2D eigenvalue weighted by Gasteiger charge is -2.08. The van der Waals surface area contributed by atoms with Crippen molar-refractivity contribution in [3.63, 3.8) is 0 Å². The first-order valence-corrected chi connectivity index (χ1v) is 5.30. The van der Waals surface area contributed by atoms with E-state index in [9.17, 15) is 13.2 Å². The molecule has 19 heavy (non-hydrogen) atoms. The Bertz CT molecular complexity index is 599. The van der Waals surface area contributed by atoms with Gasteiger partial charge in [-0.05, 0) is 36.8 Å². The highest BCUT2D eigenvalue weighted by molar-refractivity contribution is 5.49. The van der Waals surface area contributed by atoms with Gasteiger partial charge in [0, 0.05) is 11.9 Å². The molecule has 0 saturated carbocycles. The van der Waals surface area contributed by atoms with Gasteiger partial charge in [-0.3, -0.25) is 0 Å². The van der Waals surface area contributed by atoms with Crippen molar-refractivity contribution < 1.29 is 17.9 Å². The third kappa shape index (κ3) is 3.12. The first-order valence-electron chi connectivity index (χ1n) is 5.30. The van der Waals surface area contributed by atoms with Crippen molar-refractivity contribution in [3.05, 3.63) is 41.7 Å². The monoisotopic (exact) mass is 269 g/mol. The van der Waals surface area contributed by atoms with Gasteiger partial charge in [0.1, 0.15) is 5.75 Å². The van der Waals surface area contributed by atoms with Crippen LogP contribution < -0.4 is 10.5 Å². The van der Waals surface area contributed by atoms with Crippen molar-refractivity contribution in [3.8, 4) is 11.8 Å². The van der Waals surface area contributed by atoms with Crippen LogP contribution in [0.1, 0.15) is 11.3 Å². The molecule has 1 aromatic carbocycles. The minimum Gasteiger partial charge on any atom is -0.424 e. The standard InChI is InChI=1S/C12H10F3N3O/c1-7-6-8(2-3-9(7)16)19-11-17-5-4-10(18-11)12(13,14)15/h2-6H,16H2,1H3. The molecule has 0 saturated heterocycles. The van der Waals surface area contributed by atoms with E-state index in [1.165, 1.54) is 6.07 Å². The predicted octanol–water partition coefficient (Wildman–Crippen LogP) is 3.18.